The van der Waals surface area contributed by atoms with Gasteiger partial charge in [-0.2, -0.15) is 0 Å². The van der Waals surface area contributed by atoms with Crippen LogP contribution in [0.2, 0.25) is 0 Å². The number of benzene rings is 1. The van der Waals surface area contributed by atoms with Crippen molar-refractivity contribution in [3.8, 4) is 0 Å². The van der Waals surface area contributed by atoms with E-state index in [0.29, 0.717) is 76.6 Å². The van der Waals surface area contributed by atoms with E-state index in [1.165, 1.54) is 0 Å². The lowest BCUT2D eigenvalue weighted by atomic mass is 9.41. The summed E-state index contributed by atoms with van der Waals surface area (Å²) in [4.78, 5) is 38.7. The highest BCUT2D eigenvalue weighted by molar-refractivity contribution is 6.21. The fourth-order valence-corrected chi connectivity index (χ4v) is 13.4. The van der Waals surface area contributed by atoms with E-state index in [4.69, 9.17) is 23.7 Å². The lowest BCUT2D eigenvalue weighted by Gasteiger charge is -2.66. The molecule has 0 aromatic heterocycles. The Bertz CT molecular complexity index is 1730. The molecule has 4 unspecified atom stereocenters. The lowest BCUT2D eigenvalue weighted by Crippen LogP contribution is -2.69. The number of methoxy groups -OCH3 is 1. The van der Waals surface area contributed by atoms with Crippen LogP contribution in [0.1, 0.15) is 89.5 Å². The topological polar surface area (TPSA) is 164 Å². The van der Waals surface area contributed by atoms with Gasteiger partial charge in [0.05, 0.1) is 37.1 Å². The molecule has 2 bridgehead atoms. The van der Waals surface area contributed by atoms with Crippen LogP contribution in [-0.2, 0) is 38.1 Å². The Labute approximate surface area is 315 Å². The van der Waals surface area contributed by atoms with E-state index in [1.54, 1.807) is 37.6 Å². The number of ether oxygens (including phenoxy) is 5. The van der Waals surface area contributed by atoms with Crippen molar-refractivity contribution in [2.75, 3.05) is 20.3 Å². The molecule has 4 aliphatic carbocycles. The van der Waals surface area contributed by atoms with Gasteiger partial charge in [0.1, 0.15) is 17.8 Å². The van der Waals surface area contributed by atoms with Crippen LogP contribution in [0.15, 0.2) is 36.6 Å². The summed E-state index contributed by atoms with van der Waals surface area (Å²) in [5.74, 6) is -0.736. The zero-order valence-electron chi connectivity index (χ0n) is 31.3. The molecule has 9 rings (SSSR count). The predicted molar refractivity (Wildman–Crippen MR) is 192 cm³/mol. The number of hydrogen-bond acceptors (Lipinski definition) is 11. The molecule has 54 heavy (non-hydrogen) atoms. The Morgan fingerprint density at radius 3 is 2.33 bits per heavy atom. The van der Waals surface area contributed by atoms with E-state index in [9.17, 15) is 29.7 Å². The molecular formula is C42H54NO11+. The van der Waals surface area contributed by atoms with Crippen LogP contribution in [0.25, 0.3) is 5.57 Å². The Kier molecular flexibility index (Phi) is 8.83. The van der Waals surface area contributed by atoms with E-state index in [2.05, 4.69) is 6.92 Å². The first-order valence-electron chi connectivity index (χ1n) is 20.1. The van der Waals surface area contributed by atoms with Gasteiger partial charge in [-0.05, 0) is 80.1 Å². The second-order valence-electron chi connectivity index (χ2n) is 18.0. The second kappa shape index (κ2) is 13.1. The number of nitrogens with zero attached hydrogens (tertiary/aromatic N) is 1. The predicted octanol–water partition coefficient (Wildman–Crippen LogP) is 3.88. The minimum Gasteiger partial charge on any atom is -0.515 e. The summed E-state index contributed by atoms with van der Waals surface area (Å²) in [5, 5.41) is 35.1. The van der Waals surface area contributed by atoms with E-state index >= 15 is 0 Å². The van der Waals surface area contributed by atoms with Gasteiger partial charge in [0, 0.05) is 37.7 Å². The zero-order chi connectivity index (χ0) is 37.6. The summed E-state index contributed by atoms with van der Waals surface area (Å²) in [6, 6.07) is 8.61. The van der Waals surface area contributed by atoms with Crippen LogP contribution in [0.4, 0.5) is 0 Å². The van der Waals surface area contributed by atoms with Crippen LogP contribution in [0, 0.1) is 34.5 Å². The quantitative estimate of drug-likeness (QED) is 0.0883. The summed E-state index contributed by atoms with van der Waals surface area (Å²) in [5.41, 5.74) is -2.22. The fraction of sp³-hybridized carbons (Fsp3) is 0.714. The number of carbonyl (C=O) groups excluding carboxylic acids is 3. The van der Waals surface area contributed by atoms with E-state index in [1.807, 2.05) is 10.6 Å². The number of epoxide rings is 1. The number of cyclic esters (lactones) is 1. The highest BCUT2D eigenvalue weighted by Gasteiger charge is 2.72. The number of piperidine rings is 1. The van der Waals surface area contributed by atoms with Crippen LogP contribution in [0.5, 0.6) is 0 Å². The third-order valence-corrected chi connectivity index (χ3v) is 15.9. The smallest absolute Gasteiger partial charge is 0.395 e. The van der Waals surface area contributed by atoms with Crippen molar-refractivity contribution in [1.82, 2.24) is 0 Å². The molecule has 292 valence electrons. The first-order valence-corrected chi connectivity index (χ1v) is 20.1. The van der Waals surface area contributed by atoms with Gasteiger partial charge in [0.25, 0.3) is 0 Å². The van der Waals surface area contributed by atoms with Crippen molar-refractivity contribution in [3.05, 3.63) is 42.2 Å². The van der Waals surface area contributed by atoms with E-state index in [-0.39, 0.29) is 71.0 Å². The molecule has 0 amide bonds. The van der Waals surface area contributed by atoms with Crippen LogP contribution < -0.4 is 0 Å². The SMILES string of the molecule is COC[C@]12CC[C@H](OC(=O)C=[N+]3C4CC(OC(=O)/C(=C/O)c5ccccc5)C[C@H]3[C@@H]3O[C@H]43)C[C@@]1(O)CC[C@@H]1[C@@H]2CC[C@]2(C)[C@H](C3COC(=O)C3)CCC12O. The maximum Gasteiger partial charge on any atom is 0.395 e. The average Bonchev–Trinajstić information content (AvgIpc) is 3.68. The third-order valence-electron chi connectivity index (χ3n) is 15.9. The Hall–Kier alpha value is -3.32. The molecular weight excluding hydrogens is 694 g/mol. The molecule has 3 N–H and O–H groups in total. The molecule has 1 aromatic rings. The number of rotatable bonds is 8. The van der Waals surface area contributed by atoms with Gasteiger partial charge in [-0.15, -0.1) is 0 Å². The van der Waals surface area contributed by atoms with Crippen molar-refractivity contribution in [3.63, 3.8) is 0 Å². The largest absolute Gasteiger partial charge is 0.515 e. The van der Waals surface area contributed by atoms with Crippen molar-refractivity contribution >= 4 is 29.7 Å². The first kappa shape index (κ1) is 36.3. The van der Waals surface area contributed by atoms with Crippen molar-refractivity contribution < 1.29 is 58.0 Å². The molecule has 1 aromatic carbocycles. The molecule has 4 heterocycles. The first-order chi connectivity index (χ1) is 25.9. The van der Waals surface area contributed by atoms with Crippen LogP contribution in [-0.4, -0.2) is 112 Å². The number of morpholine rings is 1. The molecule has 0 spiro atoms. The highest BCUT2D eigenvalue weighted by atomic mass is 16.6. The summed E-state index contributed by atoms with van der Waals surface area (Å²) < 4.78 is 31.2. The summed E-state index contributed by atoms with van der Waals surface area (Å²) in [6.07, 6.45) is 8.81. The van der Waals surface area contributed by atoms with Gasteiger partial charge in [-0.3, -0.25) is 4.79 Å². The van der Waals surface area contributed by atoms with Crippen molar-refractivity contribution in [2.45, 2.75) is 132 Å². The summed E-state index contributed by atoms with van der Waals surface area (Å²) in [6.45, 7) is 3.05. The van der Waals surface area contributed by atoms with Crippen molar-refractivity contribution in [1.29, 1.82) is 0 Å². The zero-order valence-corrected chi connectivity index (χ0v) is 31.3. The number of hydrogen-bond donors (Lipinski definition) is 3. The minimum atomic E-state index is -1.11. The second-order valence-corrected chi connectivity index (χ2v) is 18.0. The van der Waals surface area contributed by atoms with Gasteiger partial charge in [0.2, 0.25) is 6.21 Å². The number of aliphatic hydroxyl groups is 3. The molecule has 4 saturated carbocycles. The number of fused-ring (bicyclic) bond motifs is 10. The number of carbonyl (C=O) groups is 3. The average molecular weight is 749 g/mol. The molecule has 4 aliphatic heterocycles. The third kappa shape index (κ3) is 5.44. The fourth-order valence-electron chi connectivity index (χ4n) is 13.4. The molecule has 12 heteroatoms. The summed E-state index contributed by atoms with van der Waals surface area (Å²) in [7, 11) is 1.68. The van der Waals surface area contributed by atoms with E-state index in [0.717, 1.165) is 25.5 Å². The highest BCUT2D eigenvalue weighted by Crippen LogP contribution is 2.71. The van der Waals surface area contributed by atoms with Crippen molar-refractivity contribution in [2.24, 2.45) is 34.5 Å². The molecule has 12 nitrogen and oxygen atoms in total. The van der Waals surface area contributed by atoms with Gasteiger partial charge in [0.15, 0.2) is 24.3 Å². The normalized spacial score (nSPS) is 46.9. The number of aliphatic hydroxyl groups excluding tert-OH is 1. The minimum absolute atomic E-state index is 0.0121. The Balaban J connectivity index is 0.864. The summed E-state index contributed by atoms with van der Waals surface area (Å²) >= 11 is 0. The Morgan fingerprint density at radius 1 is 0.926 bits per heavy atom. The Morgan fingerprint density at radius 2 is 1.65 bits per heavy atom. The van der Waals surface area contributed by atoms with Gasteiger partial charge in [-0.1, -0.05) is 37.3 Å². The molecule has 8 fully saturated rings. The van der Waals surface area contributed by atoms with Crippen LogP contribution >= 0.6 is 0 Å². The molecule has 8 aliphatic rings. The van der Waals surface area contributed by atoms with Gasteiger partial charge in [-0.25, -0.2) is 14.2 Å². The standard InChI is InChI=1S/C42H53NO11/c1-39-12-9-30-31(42(39,49)15-11-29(39)25-16-34(45)51-22-25)10-14-41(48)19-26(8-13-40(30,41)23-50-2)52-35(46)20-43-32-17-27(18-33(43)37-36(32)54-37)53-38(47)28(21-44)24-6-4-3-5-7-24/h3-7,20-21,25-27,29-33,36-37,48-49H,8-19,22-23H2,1-2H3/p+1/t25?,26-,27?,29-,30-,31+,32-,33?,36-,37+,39+,40-,41-,42?/m0/s1. The molecule has 14 atom stereocenters. The number of esters is 3. The maximum atomic E-state index is 13.6. The van der Waals surface area contributed by atoms with E-state index < -0.39 is 34.7 Å². The monoisotopic (exact) mass is 748 g/mol. The van der Waals surface area contributed by atoms with Gasteiger partial charge < -0.3 is 39.0 Å². The molecule has 4 saturated heterocycles. The maximum absolute atomic E-state index is 13.6. The van der Waals surface area contributed by atoms with Gasteiger partial charge >= 0.3 is 17.9 Å². The lowest BCUT2D eigenvalue weighted by molar-refractivity contribution is -0.603. The molecule has 0 radical (unpaired) electrons. The van der Waals surface area contributed by atoms with Crippen LogP contribution in [0.3, 0.4) is 0 Å².